The topological polar surface area (TPSA) is 70.3 Å². The van der Waals surface area contributed by atoms with Crippen LogP contribution in [0.3, 0.4) is 0 Å². The lowest BCUT2D eigenvalue weighted by Gasteiger charge is -2.36. The maximum absolute atomic E-state index is 5.42. The van der Waals surface area contributed by atoms with E-state index in [-0.39, 0.29) is 0 Å². The third kappa shape index (κ3) is 2.73. The van der Waals surface area contributed by atoms with Gasteiger partial charge in [0.15, 0.2) is 5.82 Å². The second-order valence-electron chi connectivity index (χ2n) is 4.69. The van der Waals surface area contributed by atoms with Crippen molar-refractivity contribution in [2.24, 2.45) is 5.84 Å². The van der Waals surface area contributed by atoms with Gasteiger partial charge in [-0.2, -0.15) is 0 Å². The largest absolute Gasteiger partial charge is 0.355 e. The zero-order chi connectivity index (χ0) is 13.1. The summed E-state index contributed by atoms with van der Waals surface area (Å²) in [6.07, 6.45) is 3.83. The van der Waals surface area contributed by atoms with E-state index in [0.717, 1.165) is 36.2 Å². The van der Waals surface area contributed by atoms with E-state index in [4.69, 9.17) is 5.84 Å². The molecule has 2 rings (SSSR count). The maximum Gasteiger partial charge on any atom is 0.159 e. The molecule has 0 saturated carbocycles. The summed E-state index contributed by atoms with van der Waals surface area (Å²) in [5.41, 5.74) is 2.57. The highest BCUT2D eigenvalue weighted by molar-refractivity contribution is 9.10. The molecule has 100 valence electrons. The quantitative estimate of drug-likeness (QED) is 0.642. The lowest BCUT2D eigenvalue weighted by Crippen LogP contribution is -2.42. The fraction of sp³-hybridized carbons (Fsp3) is 0.636. The highest BCUT2D eigenvalue weighted by Crippen LogP contribution is 2.30. The van der Waals surface area contributed by atoms with Crippen LogP contribution >= 0.6 is 15.9 Å². The van der Waals surface area contributed by atoms with Crippen LogP contribution in [-0.2, 0) is 0 Å². The van der Waals surface area contributed by atoms with Crippen molar-refractivity contribution in [3.63, 3.8) is 0 Å². The van der Waals surface area contributed by atoms with Gasteiger partial charge in [-0.05, 0) is 42.9 Å². The van der Waals surface area contributed by atoms with Crippen molar-refractivity contribution in [3.8, 4) is 0 Å². The number of nitrogens with zero attached hydrogens (tertiary/aromatic N) is 4. The van der Waals surface area contributed by atoms with Gasteiger partial charge in [0.05, 0.1) is 0 Å². The van der Waals surface area contributed by atoms with E-state index in [1.807, 2.05) is 0 Å². The number of piperidine rings is 1. The highest BCUT2D eigenvalue weighted by Gasteiger charge is 2.23. The standard InChI is InChI=1S/C11H19BrN6/c1-17(2)8-3-5-18(6-4-8)11-9(12)10(16-13)14-7-15-11/h7-8H,3-6,13H2,1-2H3,(H,14,15,16). The van der Waals surface area contributed by atoms with Gasteiger partial charge in [0.1, 0.15) is 16.6 Å². The van der Waals surface area contributed by atoms with Gasteiger partial charge in [-0.15, -0.1) is 0 Å². The summed E-state index contributed by atoms with van der Waals surface area (Å²) in [7, 11) is 4.27. The Kier molecular flexibility index (Phi) is 4.36. The van der Waals surface area contributed by atoms with E-state index in [1.165, 1.54) is 6.33 Å². The molecule has 3 N–H and O–H groups in total. The first kappa shape index (κ1) is 13.5. The summed E-state index contributed by atoms with van der Waals surface area (Å²) >= 11 is 3.50. The van der Waals surface area contributed by atoms with Crippen LogP contribution in [0.2, 0.25) is 0 Å². The Hall–Kier alpha value is -0.920. The highest BCUT2D eigenvalue weighted by atomic mass is 79.9. The number of rotatable bonds is 3. The molecule has 6 nitrogen and oxygen atoms in total. The SMILES string of the molecule is CN(C)C1CCN(c2ncnc(NN)c2Br)CC1. The van der Waals surface area contributed by atoms with Crippen LogP contribution < -0.4 is 16.2 Å². The number of hydrogen-bond acceptors (Lipinski definition) is 6. The van der Waals surface area contributed by atoms with E-state index in [9.17, 15) is 0 Å². The Morgan fingerprint density at radius 3 is 2.61 bits per heavy atom. The Labute approximate surface area is 116 Å². The molecule has 1 aliphatic rings. The minimum atomic E-state index is 0.620. The van der Waals surface area contributed by atoms with Gasteiger partial charge in [-0.1, -0.05) is 0 Å². The zero-order valence-electron chi connectivity index (χ0n) is 10.7. The van der Waals surface area contributed by atoms with E-state index in [0.29, 0.717) is 11.9 Å². The third-order valence-corrected chi connectivity index (χ3v) is 4.13. The molecule has 0 amide bonds. The molecule has 0 aliphatic carbocycles. The number of anilines is 2. The molecule has 1 saturated heterocycles. The van der Waals surface area contributed by atoms with Crippen LogP contribution in [-0.4, -0.2) is 48.1 Å². The van der Waals surface area contributed by atoms with Crippen molar-refractivity contribution in [1.29, 1.82) is 0 Å². The minimum Gasteiger partial charge on any atom is -0.355 e. The molecule has 0 aromatic carbocycles. The van der Waals surface area contributed by atoms with Gasteiger partial charge in [-0.25, -0.2) is 15.8 Å². The Morgan fingerprint density at radius 1 is 1.39 bits per heavy atom. The third-order valence-electron chi connectivity index (χ3n) is 3.40. The Morgan fingerprint density at radius 2 is 2.06 bits per heavy atom. The molecule has 1 fully saturated rings. The molecule has 1 aromatic heterocycles. The van der Waals surface area contributed by atoms with Gasteiger partial charge in [0, 0.05) is 19.1 Å². The van der Waals surface area contributed by atoms with E-state index in [2.05, 4.69) is 55.2 Å². The van der Waals surface area contributed by atoms with Crippen molar-refractivity contribution in [1.82, 2.24) is 14.9 Å². The molecular formula is C11H19BrN6. The predicted molar refractivity (Wildman–Crippen MR) is 76.5 cm³/mol. The number of halogens is 1. The van der Waals surface area contributed by atoms with Crippen molar-refractivity contribution in [2.45, 2.75) is 18.9 Å². The van der Waals surface area contributed by atoms with Crippen LogP contribution in [0, 0.1) is 0 Å². The predicted octanol–water partition coefficient (Wildman–Crippen LogP) is 1.06. The zero-order valence-corrected chi connectivity index (χ0v) is 12.3. The van der Waals surface area contributed by atoms with Gasteiger partial charge < -0.3 is 15.2 Å². The molecular weight excluding hydrogens is 296 g/mol. The molecule has 0 radical (unpaired) electrons. The molecule has 0 bridgehead atoms. The van der Waals surface area contributed by atoms with Gasteiger partial charge in [0.25, 0.3) is 0 Å². The number of hydrogen-bond donors (Lipinski definition) is 2. The summed E-state index contributed by atoms with van der Waals surface area (Å²) in [4.78, 5) is 13.0. The monoisotopic (exact) mass is 314 g/mol. The normalized spacial score (nSPS) is 17.3. The van der Waals surface area contributed by atoms with Crippen molar-refractivity contribution < 1.29 is 0 Å². The van der Waals surface area contributed by atoms with Crippen LogP contribution in [0.25, 0.3) is 0 Å². The van der Waals surface area contributed by atoms with Crippen molar-refractivity contribution >= 4 is 27.6 Å². The number of hydrazine groups is 1. The molecule has 1 aromatic rings. The summed E-state index contributed by atoms with van der Waals surface area (Å²) < 4.78 is 0.829. The molecule has 0 spiro atoms. The van der Waals surface area contributed by atoms with Crippen LogP contribution in [0.4, 0.5) is 11.6 Å². The minimum absolute atomic E-state index is 0.620. The van der Waals surface area contributed by atoms with Gasteiger partial charge in [0.2, 0.25) is 0 Å². The molecule has 18 heavy (non-hydrogen) atoms. The van der Waals surface area contributed by atoms with Gasteiger partial charge >= 0.3 is 0 Å². The van der Waals surface area contributed by atoms with E-state index < -0.39 is 0 Å². The fourth-order valence-corrected chi connectivity index (χ4v) is 2.85. The Balaban J connectivity index is 2.10. The second-order valence-corrected chi connectivity index (χ2v) is 5.48. The lowest BCUT2D eigenvalue weighted by molar-refractivity contribution is 0.249. The smallest absolute Gasteiger partial charge is 0.159 e. The molecule has 0 atom stereocenters. The number of nitrogens with two attached hydrogens (primary N) is 1. The number of aromatic nitrogens is 2. The first-order chi connectivity index (χ1) is 8.63. The van der Waals surface area contributed by atoms with Gasteiger partial charge in [-0.3, -0.25) is 0 Å². The van der Waals surface area contributed by atoms with E-state index in [1.54, 1.807) is 0 Å². The lowest BCUT2D eigenvalue weighted by atomic mass is 10.0. The fourth-order valence-electron chi connectivity index (χ4n) is 2.28. The first-order valence-electron chi connectivity index (χ1n) is 6.02. The number of nitrogen functional groups attached to an aromatic ring is 1. The second kappa shape index (κ2) is 5.81. The summed E-state index contributed by atoms with van der Waals surface area (Å²) in [5, 5.41) is 0. The molecule has 7 heteroatoms. The van der Waals surface area contributed by atoms with Crippen LogP contribution in [0.15, 0.2) is 10.8 Å². The summed E-state index contributed by atoms with van der Waals surface area (Å²) in [6.45, 7) is 2.00. The van der Waals surface area contributed by atoms with Crippen LogP contribution in [0.5, 0.6) is 0 Å². The Bertz CT molecular complexity index is 403. The molecule has 2 heterocycles. The molecule has 0 unspecified atom stereocenters. The molecule has 1 aliphatic heterocycles. The van der Waals surface area contributed by atoms with Crippen molar-refractivity contribution in [3.05, 3.63) is 10.8 Å². The maximum atomic E-state index is 5.42. The number of nitrogens with one attached hydrogen (secondary N) is 1. The first-order valence-corrected chi connectivity index (χ1v) is 6.81. The average Bonchev–Trinajstić information content (AvgIpc) is 2.39. The summed E-state index contributed by atoms with van der Waals surface area (Å²) in [5.74, 6) is 6.95. The van der Waals surface area contributed by atoms with Crippen LogP contribution in [0.1, 0.15) is 12.8 Å². The summed E-state index contributed by atoms with van der Waals surface area (Å²) in [6, 6.07) is 0.661. The average molecular weight is 315 g/mol. The van der Waals surface area contributed by atoms with E-state index >= 15 is 0 Å². The van der Waals surface area contributed by atoms with Crippen molar-refractivity contribution in [2.75, 3.05) is 37.5 Å².